The Labute approximate surface area is 121 Å². The highest BCUT2D eigenvalue weighted by Gasteiger charge is 2.34. The zero-order chi connectivity index (χ0) is 15.0. The number of hydrogen-bond acceptors (Lipinski definition) is 4. The number of esters is 1. The van der Waals surface area contributed by atoms with E-state index in [1.807, 2.05) is 30.3 Å². The third-order valence-electron chi connectivity index (χ3n) is 3.51. The van der Waals surface area contributed by atoms with Crippen molar-refractivity contribution in [2.45, 2.75) is 6.54 Å². The van der Waals surface area contributed by atoms with Crippen molar-refractivity contribution in [3.8, 4) is 17.0 Å². The highest BCUT2D eigenvalue weighted by atomic mass is 16.5. The molecule has 0 aliphatic carbocycles. The van der Waals surface area contributed by atoms with Crippen LogP contribution in [0.2, 0.25) is 0 Å². The minimum atomic E-state index is -0.726. The second-order valence-electron chi connectivity index (χ2n) is 4.69. The Morgan fingerprint density at radius 3 is 2.67 bits per heavy atom. The highest BCUT2D eigenvalue weighted by Crippen LogP contribution is 2.38. The second kappa shape index (κ2) is 4.97. The van der Waals surface area contributed by atoms with E-state index in [-0.39, 0.29) is 22.9 Å². The van der Waals surface area contributed by atoms with Crippen LogP contribution in [0.4, 0.5) is 0 Å². The summed E-state index contributed by atoms with van der Waals surface area (Å²) < 4.78 is 6.35. The van der Waals surface area contributed by atoms with Gasteiger partial charge in [-0.25, -0.2) is 4.79 Å². The molecule has 1 aromatic heterocycles. The van der Waals surface area contributed by atoms with E-state index < -0.39 is 5.97 Å². The Morgan fingerprint density at radius 2 is 2.00 bits per heavy atom. The molecule has 0 spiro atoms. The Bertz CT molecular complexity index is 719. The van der Waals surface area contributed by atoms with Gasteiger partial charge in [-0.3, -0.25) is 4.79 Å². The number of rotatable bonds is 2. The topological polar surface area (TPSA) is 80.6 Å². The van der Waals surface area contributed by atoms with E-state index in [0.29, 0.717) is 18.8 Å². The van der Waals surface area contributed by atoms with Crippen molar-refractivity contribution in [2.75, 3.05) is 13.7 Å². The molecule has 1 aromatic carbocycles. The first-order valence-corrected chi connectivity index (χ1v) is 6.52. The molecular formula is C15H14N2O4. The molecule has 0 fully saturated rings. The van der Waals surface area contributed by atoms with Gasteiger partial charge >= 0.3 is 5.97 Å². The lowest BCUT2D eigenvalue weighted by molar-refractivity contribution is 0.0592. The quantitative estimate of drug-likeness (QED) is 0.818. The molecule has 0 atom stereocenters. The van der Waals surface area contributed by atoms with Crippen LogP contribution in [0.3, 0.4) is 0 Å². The van der Waals surface area contributed by atoms with Crippen LogP contribution < -0.4 is 5.32 Å². The molecule has 3 rings (SSSR count). The fourth-order valence-electron chi connectivity index (χ4n) is 2.61. The zero-order valence-corrected chi connectivity index (χ0v) is 11.4. The van der Waals surface area contributed by atoms with Crippen molar-refractivity contribution in [3.63, 3.8) is 0 Å². The van der Waals surface area contributed by atoms with Gasteiger partial charge in [-0.05, 0) is 0 Å². The number of aromatic nitrogens is 1. The van der Waals surface area contributed by atoms with E-state index in [1.165, 1.54) is 7.11 Å². The highest BCUT2D eigenvalue weighted by molar-refractivity contribution is 6.09. The molecule has 1 aliphatic rings. The van der Waals surface area contributed by atoms with Gasteiger partial charge in [0.25, 0.3) is 5.91 Å². The fraction of sp³-hybridized carbons (Fsp3) is 0.200. The Balaban J connectivity index is 2.31. The van der Waals surface area contributed by atoms with Crippen LogP contribution in [0.1, 0.15) is 20.8 Å². The molecule has 0 saturated carbocycles. The van der Waals surface area contributed by atoms with Crippen LogP contribution in [0.15, 0.2) is 30.3 Å². The first-order chi connectivity index (χ1) is 10.1. The standard InChI is InChI=1S/C15H14N2O4/c1-21-15(20)10-12-14(19)16-7-8-17(12)11(13(10)18)9-5-3-2-4-6-9/h2-6,18H,7-8H2,1H3,(H,16,19). The second-order valence-corrected chi connectivity index (χ2v) is 4.69. The van der Waals surface area contributed by atoms with Crippen molar-refractivity contribution < 1.29 is 19.4 Å². The maximum Gasteiger partial charge on any atom is 0.344 e. The van der Waals surface area contributed by atoms with Gasteiger partial charge in [0.15, 0.2) is 5.75 Å². The van der Waals surface area contributed by atoms with Crippen LogP contribution in [0, 0.1) is 0 Å². The lowest BCUT2D eigenvalue weighted by Gasteiger charge is -2.18. The fourth-order valence-corrected chi connectivity index (χ4v) is 2.61. The zero-order valence-electron chi connectivity index (χ0n) is 11.4. The number of carbonyl (C=O) groups is 2. The minimum Gasteiger partial charge on any atom is -0.505 e. The first-order valence-electron chi connectivity index (χ1n) is 6.52. The molecule has 1 aliphatic heterocycles. The van der Waals surface area contributed by atoms with E-state index in [1.54, 1.807) is 4.57 Å². The number of nitrogens with one attached hydrogen (secondary N) is 1. The molecule has 21 heavy (non-hydrogen) atoms. The monoisotopic (exact) mass is 286 g/mol. The SMILES string of the molecule is COC(=O)c1c(O)c(-c2ccccc2)n2c1C(=O)NCC2. The number of carbonyl (C=O) groups excluding carboxylic acids is 2. The summed E-state index contributed by atoms with van der Waals surface area (Å²) in [4.78, 5) is 24.0. The first kappa shape index (κ1) is 13.2. The van der Waals surface area contributed by atoms with Crippen molar-refractivity contribution in [2.24, 2.45) is 0 Å². The van der Waals surface area contributed by atoms with Gasteiger partial charge in [-0.15, -0.1) is 0 Å². The summed E-state index contributed by atoms with van der Waals surface area (Å²) in [6.07, 6.45) is 0. The molecule has 1 amide bonds. The molecule has 0 unspecified atom stereocenters. The summed E-state index contributed by atoms with van der Waals surface area (Å²) in [6, 6.07) is 9.14. The molecule has 2 heterocycles. The average molecular weight is 286 g/mol. The van der Waals surface area contributed by atoms with Crippen LogP contribution in [0.5, 0.6) is 5.75 Å². The van der Waals surface area contributed by atoms with Crippen molar-refractivity contribution in [1.29, 1.82) is 0 Å². The molecule has 0 radical (unpaired) electrons. The van der Waals surface area contributed by atoms with E-state index in [9.17, 15) is 14.7 Å². The average Bonchev–Trinajstić information content (AvgIpc) is 2.81. The number of amides is 1. The maximum absolute atomic E-state index is 12.1. The molecular weight excluding hydrogens is 272 g/mol. The molecule has 6 nitrogen and oxygen atoms in total. The number of hydrogen-bond donors (Lipinski definition) is 2. The lowest BCUT2D eigenvalue weighted by Crippen LogP contribution is -2.36. The number of benzene rings is 1. The Kier molecular flexibility index (Phi) is 3.13. The number of aromatic hydroxyl groups is 1. The van der Waals surface area contributed by atoms with Crippen LogP contribution >= 0.6 is 0 Å². The third kappa shape index (κ3) is 1.96. The predicted octanol–water partition coefficient (Wildman–Crippen LogP) is 1.39. The summed E-state index contributed by atoms with van der Waals surface area (Å²) >= 11 is 0. The van der Waals surface area contributed by atoms with E-state index in [0.717, 1.165) is 5.56 Å². The normalized spacial score (nSPS) is 13.5. The molecule has 6 heteroatoms. The Hall–Kier alpha value is -2.76. The van der Waals surface area contributed by atoms with Gasteiger partial charge in [-0.1, -0.05) is 30.3 Å². The number of ether oxygens (including phenoxy) is 1. The maximum atomic E-state index is 12.1. The van der Waals surface area contributed by atoms with E-state index in [2.05, 4.69) is 10.1 Å². The molecule has 2 N–H and O–H groups in total. The van der Waals surface area contributed by atoms with Gasteiger partial charge in [0.05, 0.1) is 12.8 Å². The smallest absolute Gasteiger partial charge is 0.344 e. The van der Waals surface area contributed by atoms with Crippen molar-refractivity contribution in [1.82, 2.24) is 9.88 Å². The molecule has 2 aromatic rings. The van der Waals surface area contributed by atoms with Gasteiger partial charge < -0.3 is 19.7 Å². The predicted molar refractivity (Wildman–Crippen MR) is 75.2 cm³/mol. The Morgan fingerprint density at radius 1 is 1.29 bits per heavy atom. The van der Waals surface area contributed by atoms with Crippen molar-refractivity contribution in [3.05, 3.63) is 41.6 Å². The summed E-state index contributed by atoms with van der Waals surface area (Å²) in [7, 11) is 1.22. The lowest BCUT2D eigenvalue weighted by atomic mass is 10.1. The van der Waals surface area contributed by atoms with Gasteiger partial charge in [0.1, 0.15) is 11.3 Å². The van der Waals surface area contributed by atoms with Crippen LogP contribution in [0.25, 0.3) is 11.3 Å². The van der Waals surface area contributed by atoms with Gasteiger partial charge in [0.2, 0.25) is 0 Å². The summed E-state index contributed by atoms with van der Waals surface area (Å²) in [5.41, 5.74) is 1.25. The number of methoxy groups -OCH3 is 1. The third-order valence-corrected chi connectivity index (χ3v) is 3.51. The summed E-state index contributed by atoms with van der Waals surface area (Å²) in [5.74, 6) is -1.34. The number of fused-ring (bicyclic) bond motifs is 1. The van der Waals surface area contributed by atoms with Gasteiger partial charge in [-0.2, -0.15) is 0 Å². The molecule has 0 bridgehead atoms. The minimum absolute atomic E-state index is 0.0893. The largest absolute Gasteiger partial charge is 0.505 e. The van der Waals surface area contributed by atoms with E-state index in [4.69, 9.17) is 0 Å². The summed E-state index contributed by atoms with van der Waals surface area (Å²) in [6.45, 7) is 0.927. The molecule has 0 saturated heterocycles. The summed E-state index contributed by atoms with van der Waals surface area (Å²) in [5, 5.41) is 13.1. The van der Waals surface area contributed by atoms with E-state index >= 15 is 0 Å². The van der Waals surface area contributed by atoms with Gasteiger partial charge in [0, 0.05) is 18.7 Å². The van der Waals surface area contributed by atoms with Crippen LogP contribution in [-0.4, -0.2) is 35.2 Å². The van der Waals surface area contributed by atoms with Crippen molar-refractivity contribution >= 4 is 11.9 Å². The van der Waals surface area contributed by atoms with Crippen LogP contribution in [-0.2, 0) is 11.3 Å². The number of nitrogens with zero attached hydrogens (tertiary/aromatic N) is 1. The molecule has 108 valence electrons.